The molecule has 44 heavy (non-hydrogen) atoms. The van der Waals surface area contributed by atoms with E-state index in [0.717, 1.165) is 67.8 Å². The van der Waals surface area contributed by atoms with Crippen molar-refractivity contribution in [3.05, 3.63) is 87.8 Å². The van der Waals surface area contributed by atoms with E-state index >= 15 is 0 Å². The van der Waals surface area contributed by atoms with Crippen molar-refractivity contribution in [3.63, 3.8) is 0 Å². The molecule has 0 amide bonds. The summed E-state index contributed by atoms with van der Waals surface area (Å²) in [4.78, 5) is 33.0. The van der Waals surface area contributed by atoms with Crippen LogP contribution in [0, 0.1) is 6.92 Å². The van der Waals surface area contributed by atoms with E-state index in [1.165, 1.54) is 22.5 Å². The SMILES string of the molecule is Cc1ccc(-c2cc3cnc(Nc4ccc(OC5CCN(C)C5)cc4)nc3n(-c3nccs3)c2=O)c(C2CCN(C)CC2)c1. The Morgan fingerprint density at radius 3 is 2.45 bits per heavy atom. The van der Waals surface area contributed by atoms with Crippen LogP contribution in [0.3, 0.4) is 0 Å². The van der Waals surface area contributed by atoms with Crippen LogP contribution in [0.25, 0.3) is 27.3 Å². The molecule has 2 saturated heterocycles. The maximum Gasteiger partial charge on any atom is 0.266 e. The highest BCUT2D eigenvalue weighted by molar-refractivity contribution is 7.12. The third kappa shape index (κ3) is 5.85. The van der Waals surface area contributed by atoms with Gasteiger partial charge in [-0.05, 0) is 101 Å². The fourth-order valence-electron chi connectivity index (χ4n) is 6.37. The van der Waals surface area contributed by atoms with Gasteiger partial charge < -0.3 is 19.9 Å². The molecule has 2 aliphatic heterocycles. The number of aromatic nitrogens is 4. The lowest BCUT2D eigenvalue weighted by molar-refractivity contribution is 0.208. The van der Waals surface area contributed by atoms with Gasteiger partial charge in [-0.25, -0.2) is 14.5 Å². The lowest BCUT2D eigenvalue weighted by Gasteiger charge is -2.30. The first-order valence-electron chi connectivity index (χ1n) is 15.3. The summed E-state index contributed by atoms with van der Waals surface area (Å²) in [6.45, 7) is 6.22. The topological polar surface area (TPSA) is 88.4 Å². The number of rotatable bonds is 7. The number of anilines is 2. The first-order chi connectivity index (χ1) is 21.4. The summed E-state index contributed by atoms with van der Waals surface area (Å²) < 4.78 is 7.77. The molecule has 0 saturated carbocycles. The zero-order chi connectivity index (χ0) is 30.2. The maximum atomic E-state index is 14.3. The number of likely N-dealkylation sites (N-methyl/N-ethyl adjacent to an activating group) is 1. The van der Waals surface area contributed by atoms with Crippen molar-refractivity contribution in [1.82, 2.24) is 29.3 Å². The summed E-state index contributed by atoms with van der Waals surface area (Å²) in [5.74, 6) is 1.66. The van der Waals surface area contributed by atoms with E-state index in [9.17, 15) is 4.79 Å². The minimum Gasteiger partial charge on any atom is -0.489 e. The second-order valence-corrected chi connectivity index (χ2v) is 13.0. The van der Waals surface area contributed by atoms with E-state index in [1.54, 1.807) is 17.0 Å². The molecule has 0 bridgehead atoms. The van der Waals surface area contributed by atoms with Crippen molar-refractivity contribution in [2.75, 3.05) is 45.6 Å². The monoisotopic (exact) mass is 607 g/mol. The van der Waals surface area contributed by atoms with Crippen LogP contribution in [0.1, 0.15) is 36.3 Å². The summed E-state index contributed by atoms with van der Waals surface area (Å²) >= 11 is 1.42. The molecule has 5 aromatic rings. The van der Waals surface area contributed by atoms with Gasteiger partial charge in [0.15, 0.2) is 10.8 Å². The third-order valence-electron chi connectivity index (χ3n) is 8.77. The maximum absolute atomic E-state index is 14.3. The van der Waals surface area contributed by atoms with Gasteiger partial charge in [0.1, 0.15) is 11.9 Å². The Balaban J connectivity index is 1.24. The van der Waals surface area contributed by atoms with Gasteiger partial charge in [-0.1, -0.05) is 23.8 Å². The standard InChI is InChI=1S/C34H37N7O2S/c1-22-4-9-28(29(18-22)23-10-14-39(2)15-11-23)30-19-24-20-36-33(38-31(24)41(32(30)42)34-35-13-17-44-34)37-25-5-7-26(8-6-25)43-27-12-16-40(3)21-27/h4-9,13,17-20,23,27H,10-12,14-16,21H2,1-3H3,(H,36,37,38). The highest BCUT2D eigenvalue weighted by atomic mass is 32.1. The molecule has 2 aliphatic rings. The Kier molecular flexibility index (Phi) is 7.88. The molecule has 226 valence electrons. The number of benzene rings is 2. The predicted molar refractivity (Wildman–Crippen MR) is 177 cm³/mol. The van der Waals surface area contributed by atoms with Crippen LogP contribution in [0.15, 0.2) is 71.1 Å². The quantitative estimate of drug-likeness (QED) is 0.247. The average Bonchev–Trinajstić information content (AvgIpc) is 3.70. The predicted octanol–water partition coefficient (Wildman–Crippen LogP) is 5.85. The van der Waals surface area contributed by atoms with Crippen LogP contribution in [0.2, 0.25) is 0 Å². The number of hydrogen-bond donors (Lipinski definition) is 1. The Morgan fingerprint density at radius 2 is 1.73 bits per heavy atom. The molecule has 10 heteroatoms. The molecule has 0 aliphatic carbocycles. The zero-order valence-corrected chi connectivity index (χ0v) is 26.2. The Labute approximate surface area is 261 Å². The number of likely N-dealkylation sites (tertiary alicyclic amines) is 2. The molecule has 3 aromatic heterocycles. The third-order valence-corrected chi connectivity index (χ3v) is 9.53. The number of piperidine rings is 1. The normalized spacial score (nSPS) is 18.2. The fraction of sp³-hybridized carbons (Fsp3) is 0.353. The van der Waals surface area contributed by atoms with Gasteiger partial charge in [-0.15, -0.1) is 11.3 Å². The molecular formula is C34H37N7O2S. The van der Waals surface area contributed by atoms with Gasteiger partial charge >= 0.3 is 0 Å². The number of fused-ring (bicyclic) bond motifs is 1. The largest absolute Gasteiger partial charge is 0.489 e. The van der Waals surface area contributed by atoms with E-state index in [0.29, 0.717) is 28.2 Å². The second-order valence-electron chi connectivity index (χ2n) is 12.1. The molecule has 0 spiro atoms. The fourth-order valence-corrected chi connectivity index (χ4v) is 7.01. The molecule has 1 atom stereocenters. The van der Waals surface area contributed by atoms with E-state index in [2.05, 4.69) is 64.3 Å². The van der Waals surface area contributed by atoms with Gasteiger partial charge in [0.05, 0.1) is 0 Å². The van der Waals surface area contributed by atoms with Crippen molar-refractivity contribution in [2.45, 2.75) is 38.2 Å². The highest BCUT2D eigenvalue weighted by Crippen LogP contribution is 2.36. The van der Waals surface area contributed by atoms with E-state index < -0.39 is 0 Å². The lowest BCUT2D eigenvalue weighted by Crippen LogP contribution is -2.29. The average molecular weight is 608 g/mol. The second kappa shape index (κ2) is 12.1. The number of nitrogens with zero attached hydrogens (tertiary/aromatic N) is 6. The van der Waals surface area contributed by atoms with Gasteiger partial charge in [-0.2, -0.15) is 4.98 Å². The van der Waals surface area contributed by atoms with E-state index in [4.69, 9.17) is 9.72 Å². The van der Waals surface area contributed by atoms with Crippen molar-refractivity contribution in [3.8, 4) is 22.0 Å². The van der Waals surface area contributed by atoms with Gasteiger partial charge in [-0.3, -0.25) is 4.79 Å². The van der Waals surface area contributed by atoms with Crippen LogP contribution in [-0.2, 0) is 0 Å². The first-order valence-corrected chi connectivity index (χ1v) is 16.1. The molecule has 5 heterocycles. The van der Waals surface area contributed by atoms with Crippen molar-refractivity contribution in [1.29, 1.82) is 0 Å². The van der Waals surface area contributed by atoms with Crippen LogP contribution in [0.4, 0.5) is 11.6 Å². The molecule has 2 aromatic carbocycles. The molecular weight excluding hydrogens is 570 g/mol. The van der Waals surface area contributed by atoms with Crippen LogP contribution in [0.5, 0.6) is 5.75 Å². The number of hydrogen-bond acceptors (Lipinski definition) is 9. The number of thiazole rings is 1. The smallest absolute Gasteiger partial charge is 0.266 e. The van der Waals surface area contributed by atoms with Crippen LogP contribution >= 0.6 is 11.3 Å². The minimum absolute atomic E-state index is 0.130. The summed E-state index contributed by atoms with van der Waals surface area (Å²) in [6.07, 6.45) is 6.90. The number of pyridine rings is 1. The summed E-state index contributed by atoms with van der Waals surface area (Å²) in [6, 6.07) is 16.2. The minimum atomic E-state index is -0.130. The van der Waals surface area contributed by atoms with Crippen molar-refractivity contribution in [2.24, 2.45) is 0 Å². The molecule has 7 rings (SSSR count). The Hall–Kier alpha value is -4.12. The van der Waals surface area contributed by atoms with E-state index in [-0.39, 0.29) is 11.7 Å². The van der Waals surface area contributed by atoms with Gasteiger partial charge in [0.2, 0.25) is 5.95 Å². The Bertz CT molecular complexity index is 1830. The molecule has 1 N–H and O–H groups in total. The molecule has 0 radical (unpaired) electrons. The van der Waals surface area contributed by atoms with E-state index in [1.807, 2.05) is 35.7 Å². The Morgan fingerprint density at radius 1 is 0.932 bits per heavy atom. The highest BCUT2D eigenvalue weighted by Gasteiger charge is 2.25. The van der Waals surface area contributed by atoms with Crippen molar-refractivity contribution >= 4 is 34.0 Å². The van der Waals surface area contributed by atoms with Crippen LogP contribution < -0.4 is 15.6 Å². The molecule has 9 nitrogen and oxygen atoms in total. The summed E-state index contributed by atoms with van der Waals surface area (Å²) in [5, 5.41) is 6.54. The number of ether oxygens (including phenoxy) is 1. The summed E-state index contributed by atoms with van der Waals surface area (Å²) in [7, 11) is 4.29. The summed E-state index contributed by atoms with van der Waals surface area (Å²) in [5.41, 5.74) is 5.30. The first kappa shape index (κ1) is 28.6. The number of aryl methyl sites for hydroxylation is 1. The molecule has 1 unspecified atom stereocenters. The number of nitrogens with one attached hydrogen (secondary N) is 1. The zero-order valence-electron chi connectivity index (χ0n) is 25.4. The van der Waals surface area contributed by atoms with Gasteiger partial charge in [0.25, 0.3) is 5.56 Å². The molecule has 2 fully saturated rings. The lowest BCUT2D eigenvalue weighted by atomic mass is 9.84. The van der Waals surface area contributed by atoms with Crippen molar-refractivity contribution < 1.29 is 4.74 Å². The van der Waals surface area contributed by atoms with Crippen LogP contribution in [-0.4, -0.2) is 75.7 Å². The van der Waals surface area contributed by atoms with Gasteiger partial charge in [0, 0.05) is 47.5 Å².